The minimum absolute atomic E-state index is 0.0106. The normalized spacial score (nSPS) is 13.0. The summed E-state index contributed by atoms with van der Waals surface area (Å²) in [7, 11) is 0. The minimum atomic E-state index is -1.23. The van der Waals surface area contributed by atoms with E-state index in [0.29, 0.717) is 11.3 Å². The van der Waals surface area contributed by atoms with E-state index in [9.17, 15) is 24.1 Å². The van der Waals surface area contributed by atoms with Gasteiger partial charge in [0.15, 0.2) is 0 Å². The molecular weight excluding hydrogens is 369 g/mol. The van der Waals surface area contributed by atoms with Gasteiger partial charge in [0.2, 0.25) is 0 Å². The standard InChI is InChI=1S/C19H18FN3O5/c20-14-4-1-12(2-5-14)10-22(11-18(24)25)19(26)13-3-8-16(21-15-6-7-15)17(9-13)23(27)28/h1-5,8-9,15,21H,6-7,10-11H2,(H,24,25). The predicted octanol–water partition coefficient (Wildman–Crippen LogP) is 3.04. The highest BCUT2D eigenvalue weighted by Gasteiger charge is 2.27. The number of nitrogens with zero attached hydrogens (tertiary/aromatic N) is 2. The fourth-order valence-electron chi connectivity index (χ4n) is 2.74. The summed E-state index contributed by atoms with van der Waals surface area (Å²) in [5.74, 6) is -2.33. The minimum Gasteiger partial charge on any atom is -0.480 e. The molecule has 146 valence electrons. The summed E-state index contributed by atoms with van der Waals surface area (Å²) in [6.07, 6.45) is 1.86. The van der Waals surface area contributed by atoms with Crippen LogP contribution in [0.15, 0.2) is 42.5 Å². The summed E-state index contributed by atoms with van der Waals surface area (Å²) in [6, 6.07) is 9.55. The number of nitro groups is 1. The van der Waals surface area contributed by atoms with E-state index in [0.717, 1.165) is 23.8 Å². The molecule has 1 aliphatic rings. The summed E-state index contributed by atoms with van der Waals surface area (Å²) in [6.45, 7) is -0.659. The van der Waals surface area contributed by atoms with Crippen molar-refractivity contribution in [3.8, 4) is 0 Å². The number of anilines is 1. The Morgan fingerprint density at radius 2 is 1.89 bits per heavy atom. The molecule has 2 aromatic rings. The molecule has 2 aromatic carbocycles. The summed E-state index contributed by atoms with van der Waals surface area (Å²) in [5, 5.41) is 23.5. The number of carbonyl (C=O) groups excluding carboxylic acids is 1. The zero-order valence-electron chi connectivity index (χ0n) is 14.8. The van der Waals surface area contributed by atoms with Crippen molar-refractivity contribution < 1.29 is 24.0 Å². The molecule has 0 aromatic heterocycles. The van der Waals surface area contributed by atoms with Crippen molar-refractivity contribution in [1.29, 1.82) is 0 Å². The van der Waals surface area contributed by atoms with Crippen LogP contribution >= 0.6 is 0 Å². The second kappa shape index (κ2) is 8.03. The first-order valence-electron chi connectivity index (χ1n) is 8.64. The van der Waals surface area contributed by atoms with E-state index in [1.54, 1.807) is 0 Å². The Labute approximate surface area is 159 Å². The maximum Gasteiger partial charge on any atom is 0.323 e. The van der Waals surface area contributed by atoms with Gasteiger partial charge in [-0.15, -0.1) is 0 Å². The van der Waals surface area contributed by atoms with Crippen LogP contribution in [-0.4, -0.2) is 39.4 Å². The van der Waals surface area contributed by atoms with Crippen LogP contribution in [0, 0.1) is 15.9 Å². The van der Waals surface area contributed by atoms with Crippen molar-refractivity contribution in [1.82, 2.24) is 4.90 Å². The maximum absolute atomic E-state index is 13.1. The molecule has 28 heavy (non-hydrogen) atoms. The number of halogens is 1. The zero-order valence-corrected chi connectivity index (χ0v) is 14.8. The number of carboxylic acid groups (broad SMARTS) is 1. The summed E-state index contributed by atoms with van der Waals surface area (Å²) in [4.78, 5) is 35.8. The van der Waals surface area contributed by atoms with Crippen LogP contribution in [0.3, 0.4) is 0 Å². The van der Waals surface area contributed by atoms with E-state index in [2.05, 4.69) is 5.32 Å². The van der Waals surface area contributed by atoms with Crippen molar-refractivity contribution in [3.63, 3.8) is 0 Å². The third-order valence-electron chi connectivity index (χ3n) is 4.28. The third kappa shape index (κ3) is 4.81. The van der Waals surface area contributed by atoms with Gasteiger partial charge in [0.05, 0.1) is 4.92 Å². The number of amides is 1. The van der Waals surface area contributed by atoms with Crippen LogP contribution in [0.4, 0.5) is 15.8 Å². The lowest BCUT2D eigenvalue weighted by atomic mass is 10.1. The van der Waals surface area contributed by atoms with E-state index in [-0.39, 0.29) is 23.8 Å². The van der Waals surface area contributed by atoms with E-state index >= 15 is 0 Å². The van der Waals surface area contributed by atoms with Crippen molar-refractivity contribution in [2.45, 2.75) is 25.4 Å². The SMILES string of the molecule is O=C(O)CN(Cc1ccc(F)cc1)C(=O)c1ccc(NC2CC2)c([N+](=O)[O-])c1. The van der Waals surface area contributed by atoms with Gasteiger partial charge in [-0.3, -0.25) is 19.7 Å². The monoisotopic (exact) mass is 387 g/mol. The highest BCUT2D eigenvalue weighted by Crippen LogP contribution is 2.32. The Morgan fingerprint density at radius 1 is 1.21 bits per heavy atom. The van der Waals surface area contributed by atoms with Gasteiger partial charge in [0.25, 0.3) is 11.6 Å². The summed E-state index contributed by atoms with van der Waals surface area (Å²) < 4.78 is 13.1. The Morgan fingerprint density at radius 3 is 2.46 bits per heavy atom. The Kier molecular flexibility index (Phi) is 5.53. The maximum atomic E-state index is 13.1. The predicted molar refractivity (Wildman–Crippen MR) is 98.5 cm³/mol. The zero-order chi connectivity index (χ0) is 20.3. The molecule has 1 saturated carbocycles. The number of rotatable bonds is 8. The van der Waals surface area contributed by atoms with E-state index in [1.807, 2.05) is 0 Å². The first-order valence-corrected chi connectivity index (χ1v) is 8.64. The van der Waals surface area contributed by atoms with Gasteiger partial charge in [0, 0.05) is 24.2 Å². The molecule has 8 nitrogen and oxygen atoms in total. The van der Waals surface area contributed by atoms with Crippen molar-refractivity contribution in [3.05, 3.63) is 69.5 Å². The molecule has 0 radical (unpaired) electrons. The number of nitrogens with one attached hydrogen (secondary N) is 1. The molecule has 1 fully saturated rings. The van der Waals surface area contributed by atoms with Crippen molar-refractivity contribution in [2.24, 2.45) is 0 Å². The average Bonchev–Trinajstić information content (AvgIpc) is 3.46. The average molecular weight is 387 g/mol. The highest BCUT2D eigenvalue weighted by atomic mass is 19.1. The summed E-state index contributed by atoms with van der Waals surface area (Å²) >= 11 is 0. The Bertz CT molecular complexity index is 912. The molecule has 0 heterocycles. The second-order valence-corrected chi connectivity index (χ2v) is 6.59. The van der Waals surface area contributed by atoms with Crippen molar-refractivity contribution in [2.75, 3.05) is 11.9 Å². The fraction of sp³-hybridized carbons (Fsp3) is 0.263. The molecule has 0 atom stereocenters. The second-order valence-electron chi connectivity index (χ2n) is 6.59. The molecule has 2 N–H and O–H groups in total. The fourth-order valence-corrected chi connectivity index (χ4v) is 2.74. The van der Waals surface area contributed by atoms with Gasteiger partial charge in [-0.05, 0) is 42.7 Å². The van der Waals surface area contributed by atoms with Gasteiger partial charge < -0.3 is 15.3 Å². The van der Waals surface area contributed by atoms with Gasteiger partial charge in [-0.1, -0.05) is 12.1 Å². The molecule has 0 saturated heterocycles. The molecular formula is C19H18FN3O5. The van der Waals surface area contributed by atoms with Crippen LogP contribution < -0.4 is 5.32 Å². The number of nitro benzene ring substituents is 1. The smallest absolute Gasteiger partial charge is 0.323 e. The first-order chi connectivity index (χ1) is 13.3. The highest BCUT2D eigenvalue weighted by molar-refractivity contribution is 5.97. The van der Waals surface area contributed by atoms with Gasteiger partial charge in [-0.2, -0.15) is 0 Å². The molecule has 0 aliphatic heterocycles. The van der Waals surface area contributed by atoms with E-state index < -0.39 is 29.2 Å². The molecule has 0 unspecified atom stereocenters. The van der Waals surface area contributed by atoms with E-state index in [4.69, 9.17) is 5.11 Å². The van der Waals surface area contributed by atoms with Crippen LogP contribution in [-0.2, 0) is 11.3 Å². The van der Waals surface area contributed by atoms with E-state index in [1.165, 1.54) is 36.4 Å². The van der Waals surface area contributed by atoms with Crippen LogP contribution in [0.25, 0.3) is 0 Å². The number of hydrogen-bond donors (Lipinski definition) is 2. The molecule has 9 heteroatoms. The number of carbonyl (C=O) groups is 2. The first kappa shape index (κ1) is 19.3. The number of benzene rings is 2. The molecule has 0 bridgehead atoms. The third-order valence-corrected chi connectivity index (χ3v) is 4.28. The lowest BCUT2D eigenvalue weighted by Crippen LogP contribution is -2.35. The molecule has 1 amide bonds. The lowest BCUT2D eigenvalue weighted by molar-refractivity contribution is -0.384. The number of carboxylic acids is 1. The molecule has 3 rings (SSSR count). The van der Waals surface area contributed by atoms with Crippen LogP contribution in [0.1, 0.15) is 28.8 Å². The number of aliphatic carboxylic acids is 1. The topological polar surface area (TPSA) is 113 Å². The molecule has 0 spiro atoms. The van der Waals surface area contributed by atoms with Gasteiger partial charge in [-0.25, -0.2) is 4.39 Å². The largest absolute Gasteiger partial charge is 0.480 e. The molecule has 1 aliphatic carbocycles. The van der Waals surface area contributed by atoms with Crippen LogP contribution in [0.5, 0.6) is 0 Å². The summed E-state index contributed by atoms with van der Waals surface area (Å²) in [5.41, 5.74) is 0.635. The Balaban J connectivity index is 1.86. The van der Waals surface area contributed by atoms with Gasteiger partial charge in [0.1, 0.15) is 18.0 Å². The number of hydrogen-bond acceptors (Lipinski definition) is 5. The van der Waals surface area contributed by atoms with Crippen molar-refractivity contribution >= 4 is 23.3 Å². The lowest BCUT2D eigenvalue weighted by Gasteiger charge is -2.21. The van der Waals surface area contributed by atoms with Gasteiger partial charge >= 0.3 is 5.97 Å². The van der Waals surface area contributed by atoms with Crippen LogP contribution in [0.2, 0.25) is 0 Å². The quantitative estimate of drug-likeness (QED) is 0.532. The Hall–Kier alpha value is -3.49.